The zero-order chi connectivity index (χ0) is 61.5. The van der Waals surface area contributed by atoms with Gasteiger partial charge in [0.15, 0.2) is 0 Å². The van der Waals surface area contributed by atoms with Crippen LogP contribution in [0.2, 0.25) is 0 Å². The molecular formula is C88H140. The second-order valence-corrected chi connectivity index (χ2v) is 34.1. The summed E-state index contributed by atoms with van der Waals surface area (Å²) in [6.45, 7) is 18.6. The highest BCUT2D eigenvalue weighted by atomic mass is 14.4. The fourth-order valence-electron chi connectivity index (χ4n) is 19.8. The monoisotopic (exact) mass is 1200 g/mol. The normalized spacial score (nSPS) is 34.7. The van der Waals surface area contributed by atoms with E-state index >= 15 is 0 Å². The molecule has 0 amide bonds. The van der Waals surface area contributed by atoms with Gasteiger partial charge in [0.25, 0.3) is 0 Å². The van der Waals surface area contributed by atoms with Gasteiger partial charge in [-0.25, -0.2) is 0 Å². The van der Waals surface area contributed by atoms with Crippen molar-refractivity contribution in [2.24, 2.45) is 94.7 Å². The summed E-state index contributed by atoms with van der Waals surface area (Å²) in [5.74, 6) is 17.5. The minimum atomic E-state index is 0.840. The van der Waals surface area contributed by atoms with Crippen LogP contribution in [-0.4, -0.2) is 0 Å². The Balaban J connectivity index is 0.000000140. The first-order chi connectivity index (χ1) is 42.8. The molecule has 1 atom stereocenters. The summed E-state index contributed by atoms with van der Waals surface area (Å²) in [6.07, 6.45) is 66.6. The van der Waals surface area contributed by atoms with E-state index < -0.39 is 0 Å². The Morgan fingerprint density at radius 2 is 0.523 bits per heavy atom. The van der Waals surface area contributed by atoms with Crippen LogP contribution in [0, 0.1) is 115 Å². The van der Waals surface area contributed by atoms with E-state index in [-0.39, 0.29) is 0 Å². The second kappa shape index (κ2) is 37.3. The number of benzene rings is 3. The molecule has 0 spiro atoms. The molecular weight excluding hydrogens is 1060 g/mol. The summed E-state index contributed by atoms with van der Waals surface area (Å²) in [5, 5.41) is 0. The molecule has 88 heavy (non-hydrogen) atoms. The standard InChI is InChI=1S/C24H38.2C22H34.C20H34/c1-19-3-7-21(8-4-19)11-13-23-15-17-24(18-16-23)14-12-22-9-5-20(2)6-10-22;2*1-17-3-7-19(8-4-17)9-10-20-11-15-22(16-12-20)21-13-5-18(2)6-14-21;1-15-3-7-17(8-4-15)19-11-13-20(14-12-19)18-9-5-16(2)6-10-18/h3-4,7-8,20,22-24H,5-6,9-18H2,1-2H3;5-6,13-14,17,19-20,22H,3-4,7-12,15-16H2,1-2H3;3-4,7-8,18,20-22H,5-6,9-16H2,1-2H3;3,16-20H,4-14H2,1-2H3. The fourth-order valence-corrected chi connectivity index (χ4v) is 19.8. The van der Waals surface area contributed by atoms with Gasteiger partial charge in [0.05, 0.1) is 0 Å². The topological polar surface area (TPSA) is 0 Å². The van der Waals surface area contributed by atoms with Crippen LogP contribution in [0.1, 0.15) is 337 Å². The summed E-state index contributed by atoms with van der Waals surface area (Å²) < 4.78 is 0. The van der Waals surface area contributed by atoms with E-state index in [1.807, 2.05) is 0 Å². The lowest BCUT2D eigenvalue weighted by molar-refractivity contribution is 0.124. The van der Waals surface area contributed by atoms with Gasteiger partial charge < -0.3 is 0 Å². The minimum Gasteiger partial charge on any atom is -0.0853 e. The third-order valence-corrected chi connectivity index (χ3v) is 27.0. The molecule has 492 valence electrons. The first kappa shape index (κ1) is 69.7. The van der Waals surface area contributed by atoms with Crippen LogP contribution in [-0.2, 0) is 12.8 Å². The molecule has 3 aromatic carbocycles. The van der Waals surface area contributed by atoms with Crippen molar-refractivity contribution < 1.29 is 0 Å². The molecule has 8 saturated carbocycles. The van der Waals surface area contributed by atoms with Crippen LogP contribution >= 0.6 is 0 Å². The van der Waals surface area contributed by atoms with Crippen LogP contribution in [0.25, 0.3) is 0 Å². The zero-order valence-corrected chi connectivity index (χ0v) is 59.2. The highest BCUT2D eigenvalue weighted by molar-refractivity contribution is 5.25. The predicted octanol–water partition coefficient (Wildman–Crippen LogP) is 27.1. The lowest BCUT2D eigenvalue weighted by Gasteiger charge is -2.40. The van der Waals surface area contributed by atoms with Crippen molar-refractivity contribution >= 4 is 0 Å². The Morgan fingerprint density at radius 3 is 0.864 bits per heavy atom. The van der Waals surface area contributed by atoms with Gasteiger partial charge in [-0.2, -0.15) is 0 Å². The molecule has 0 aliphatic heterocycles. The molecule has 9 aliphatic rings. The first-order valence-electron chi connectivity index (χ1n) is 39.6. The minimum absolute atomic E-state index is 0.840. The molecule has 0 nitrogen and oxygen atoms in total. The summed E-state index contributed by atoms with van der Waals surface area (Å²) in [7, 11) is 0. The number of allylic oxidation sites excluding steroid dienone is 2. The third-order valence-electron chi connectivity index (χ3n) is 27.0. The van der Waals surface area contributed by atoms with Gasteiger partial charge >= 0.3 is 0 Å². The molecule has 0 saturated heterocycles. The van der Waals surface area contributed by atoms with Crippen LogP contribution in [0.15, 0.2) is 84.4 Å². The van der Waals surface area contributed by atoms with Gasteiger partial charge in [0.2, 0.25) is 0 Å². The Morgan fingerprint density at radius 1 is 0.261 bits per heavy atom. The molecule has 1 unspecified atom stereocenters. The van der Waals surface area contributed by atoms with E-state index in [4.69, 9.17) is 0 Å². The Kier molecular flexibility index (Phi) is 29.6. The van der Waals surface area contributed by atoms with Crippen molar-refractivity contribution in [2.75, 3.05) is 0 Å². The maximum absolute atomic E-state index is 2.53. The summed E-state index contributed by atoms with van der Waals surface area (Å²) in [5.41, 5.74) is 10.5. The molecule has 9 aliphatic carbocycles. The molecule has 8 fully saturated rings. The number of hydrogen-bond donors (Lipinski definition) is 0. The Labute approximate surface area is 546 Å². The van der Waals surface area contributed by atoms with E-state index in [9.17, 15) is 0 Å². The lowest BCUT2D eigenvalue weighted by atomic mass is 9.66. The third kappa shape index (κ3) is 24.1. The molecule has 0 heteroatoms. The quantitative estimate of drug-likeness (QED) is 0.125. The molecule has 3 aromatic rings. The maximum Gasteiger partial charge on any atom is -0.0162 e. The second-order valence-electron chi connectivity index (χ2n) is 34.1. The van der Waals surface area contributed by atoms with Crippen molar-refractivity contribution in [3.05, 3.63) is 118 Å². The van der Waals surface area contributed by atoms with E-state index in [2.05, 4.69) is 134 Å². The van der Waals surface area contributed by atoms with E-state index in [0.717, 1.165) is 101 Å². The van der Waals surface area contributed by atoms with Crippen molar-refractivity contribution in [1.82, 2.24) is 0 Å². The first-order valence-corrected chi connectivity index (χ1v) is 39.6. The highest BCUT2D eigenvalue weighted by Gasteiger charge is 2.34. The van der Waals surface area contributed by atoms with Crippen LogP contribution in [0.5, 0.6) is 0 Å². The van der Waals surface area contributed by atoms with E-state index in [0.29, 0.717) is 0 Å². The summed E-state index contributed by atoms with van der Waals surface area (Å²) >= 11 is 0. The molecule has 0 bridgehead atoms. The van der Waals surface area contributed by atoms with Gasteiger partial charge in [-0.1, -0.05) is 270 Å². The van der Waals surface area contributed by atoms with Gasteiger partial charge in [0, 0.05) is 0 Å². The average molecular weight is 1200 g/mol. The van der Waals surface area contributed by atoms with Gasteiger partial charge in [-0.3, -0.25) is 0 Å². The molecule has 12 rings (SSSR count). The van der Waals surface area contributed by atoms with Gasteiger partial charge in [-0.15, -0.1) is 0 Å². The van der Waals surface area contributed by atoms with E-state index in [1.54, 1.807) is 49.7 Å². The molecule has 0 heterocycles. The lowest BCUT2D eigenvalue weighted by Crippen LogP contribution is -2.28. The van der Waals surface area contributed by atoms with Gasteiger partial charge in [-0.05, 0) is 280 Å². The largest absolute Gasteiger partial charge is 0.0853 e. The van der Waals surface area contributed by atoms with Gasteiger partial charge in [0.1, 0.15) is 0 Å². The number of hydrogen-bond acceptors (Lipinski definition) is 0. The molecule has 0 aromatic heterocycles. The van der Waals surface area contributed by atoms with Crippen molar-refractivity contribution in [3.63, 3.8) is 0 Å². The Hall–Kier alpha value is -2.60. The molecule has 0 N–H and O–H groups in total. The number of aryl methyl sites for hydroxylation is 5. The van der Waals surface area contributed by atoms with Crippen molar-refractivity contribution in [1.29, 1.82) is 0 Å². The van der Waals surface area contributed by atoms with Crippen molar-refractivity contribution in [3.8, 4) is 0 Å². The zero-order valence-electron chi connectivity index (χ0n) is 59.2. The summed E-state index contributed by atoms with van der Waals surface area (Å²) in [4.78, 5) is 0. The molecule has 0 radical (unpaired) electrons. The van der Waals surface area contributed by atoms with Crippen LogP contribution in [0.4, 0.5) is 0 Å². The average Bonchev–Trinajstić information content (AvgIpc) is 3.77. The SMILES string of the molecule is CC1=CCC(C2CCC(C3CCC(C)CC3)CC2)CC1.Cc1ccc(C2CCC(CCC3CCC(C)CC3)CC2)cc1.Cc1ccc(CCC2CCC(C3CCC(C)CC3)CC2)cc1.Cc1ccc(CCC2CCC(CCC3CCC(C)CC3)CC2)cc1. The Bertz CT molecular complexity index is 2300. The maximum atomic E-state index is 2.53. The van der Waals surface area contributed by atoms with E-state index in [1.165, 1.54) is 265 Å². The van der Waals surface area contributed by atoms with Crippen LogP contribution < -0.4 is 0 Å². The fraction of sp³-hybridized carbons (Fsp3) is 0.773. The predicted molar refractivity (Wildman–Crippen MR) is 385 cm³/mol. The van der Waals surface area contributed by atoms with Crippen LogP contribution in [0.3, 0.4) is 0 Å². The number of rotatable bonds is 16. The summed E-state index contributed by atoms with van der Waals surface area (Å²) in [6, 6.07) is 27.6. The smallest absolute Gasteiger partial charge is 0.0162 e. The van der Waals surface area contributed by atoms with Crippen molar-refractivity contribution in [2.45, 2.75) is 337 Å². The highest BCUT2D eigenvalue weighted by Crippen LogP contribution is 2.47.